The summed E-state index contributed by atoms with van der Waals surface area (Å²) in [5.41, 5.74) is 1.01. The highest BCUT2D eigenvalue weighted by Crippen LogP contribution is 2.32. The van der Waals surface area contributed by atoms with Crippen LogP contribution in [0.4, 0.5) is 5.95 Å². The van der Waals surface area contributed by atoms with Crippen molar-refractivity contribution in [3.05, 3.63) is 22.1 Å². The number of nitrogens with one attached hydrogen (secondary N) is 1. The maximum Gasteiger partial charge on any atom is 0.252 e. The van der Waals surface area contributed by atoms with E-state index in [-0.39, 0.29) is 5.56 Å². The molecule has 0 bridgehead atoms. The van der Waals surface area contributed by atoms with Gasteiger partial charge in [0.25, 0.3) is 5.56 Å². The number of hydrogen-bond acceptors (Lipinski definition) is 3. The molecule has 0 unspecified atom stereocenters. The van der Waals surface area contributed by atoms with Crippen molar-refractivity contribution >= 4 is 5.95 Å². The zero-order valence-corrected chi connectivity index (χ0v) is 10.1. The van der Waals surface area contributed by atoms with Crippen molar-refractivity contribution in [3.8, 4) is 0 Å². The van der Waals surface area contributed by atoms with Gasteiger partial charge in [0.2, 0.25) is 5.95 Å². The lowest BCUT2D eigenvalue weighted by molar-refractivity contribution is 0.688. The topological polar surface area (TPSA) is 49.0 Å². The lowest BCUT2D eigenvalue weighted by Crippen LogP contribution is -2.24. The van der Waals surface area contributed by atoms with Crippen LogP contribution in [0.15, 0.2) is 10.9 Å². The van der Waals surface area contributed by atoms with Gasteiger partial charge in [-0.1, -0.05) is 12.8 Å². The molecule has 4 nitrogen and oxygen atoms in total. The Morgan fingerprint density at radius 2 is 1.88 bits per heavy atom. The Morgan fingerprint density at radius 1 is 1.18 bits per heavy atom. The van der Waals surface area contributed by atoms with Crippen molar-refractivity contribution in [2.75, 3.05) is 18.0 Å². The van der Waals surface area contributed by atoms with Crippen LogP contribution < -0.4 is 10.5 Å². The molecule has 0 amide bonds. The molecule has 1 aromatic heterocycles. The Labute approximate surface area is 101 Å². The first-order valence-corrected chi connectivity index (χ1v) is 6.69. The van der Waals surface area contributed by atoms with Crippen molar-refractivity contribution in [2.24, 2.45) is 0 Å². The van der Waals surface area contributed by atoms with Crippen LogP contribution in [0.1, 0.15) is 50.1 Å². The van der Waals surface area contributed by atoms with Crippen LogP contribution in [0.5, 0.6) is 0 Å². The largest absolute Gasteiger partial charge is 0.342 e. The molecule has 0 aromatic carbocycles. The summed E-state index contributed by atoms with van der Waals surface area (Å²) in [5.74, 6) is 1.30. The van der Waals surface area contributed by atoms with Gasteiger partial charge in [0.15, 0.2) is 0 Å². The molecule has 0 spiro atoms. The molecule has 1 aromatic rings. The van der Waals surface area contributed by atoms with Gasteiger partial charge in [0, 0.05) is 25.1 Å². The third-order valence-electron chi connectivity index (χ3n) is 3.93. The first-order chi connectivity index (χ1) is 8.33. The summed E-state index contributed by atoms with van der Waals surface area (Å²) in [6, 6.07) is 1.69. The summed E-state index contributed by atoms with van der Waals surface area (Å²) in [7, 11) is 0. The molecule has 17 heavy (non-hydrogen) atoms. The van der Waals surface area contributed by atoms with E-state index in [1.54, 1.807) is 6.07 Å². The van der Waals surface area contributed by atoms with Crippen LogP contribution >= 0.6 is 0 Å². The normalized spacial score (nSPS) is 21.3. The summed E-state index contributed by atoms with van der Waals surface area (Å²) in [6.07, 6.45) is 7.34. The quantitative estimate of drug-likeness (QED) is 0.850. The van der Waals surface area contributed by atoms with Gasteiger partial charge in [0.05, 0.1) is 5.69 Å². The van der Waals surface area contributed by atoms with E-state index in [0.717, 1.165) is 24.7 Å². The number of nitrogens with zero attached hydrogens (tertiary/aromatic N) is 2. The predicted octanol–water partition coefficient (Wildman–Crippen LogP) is 2.03. The lowest BCUT2D eigenvalue weighted by atomic mass is 10.0. The second-order valence-electron chi connectivity index (χ2n) is 5.17. The second kappa shape index (κ2) is 4.51. The molecule has 1 saturated carbocycles. The van der Waals surface area contributed by atoms with Crippen molar-refractivity contribution < 1.29 is 0 Å². The van der Waals surface area contributed by atoms with Crippen LogP contribution in [0.3, 0.4) is 0 Å². The monoisotopic (exact) mass is 233 g/mol. The maximum atomic E-state index is 11.7. The van der Waals surface area contributed by atoms with Crippen LogP contribution in [-0.4, -0.2) is 23.1 Å². The van der Waals surface area contributed by atoms with Gasteiger partial charge in [0.1, 0.15) is 0 Å². The second-order valence-corrected chi connectivity index (χ2v) is 5.17. The molecule has 1 saturated heterocycles. The molecule has 1 aliphatic heterocycles. The first kappa shape index (κ1) is 10.8. The third kappa shape index (κ3) is 2.21. The molecule has 1 N–H and O–H groups in total. The number of rotatable bonds is 2. The minimum atomic E-state index is 0.00352. The molecule has 92 valence electrons. The summed E-state index contributed by atoms with van der Waals surface area (Å²) in [4.78, 5) is 21.4. The molecule has 2 fully saturated rings. The molecular formula is C13H19N3O. The fourth-order valence-electron chi connectivity index (χ4n) is 2.97. The number of aromatic nitrogens is 2. The zero-order chi connectivity index (χ0) is 11.7. The minimum Gasteiger partial charge on any atom is -0.342 e. The van der Waals surface area contributed by atoms with Gasteiger partial charge in [-0.2, -0.15) is 0 Å². The van der Waals surface area contributed by atoms with Gasteiger partial charge in [-0.05, 0) is 25.7 Å². The molecule has 3 rings (SSSR count). The van der Waals surface area contributed by atoms with Crippen molar-refractivity contribution in [1.29, 1.82) is 0 Å². The van der Waals surface area contributed by atoms with Crippen LogP contribution in [0, 0.1) is 0 Å². The molecule has 1 aliphatic carbocycles. The first-order valence-electron chi connectivity index (χ1n) is 6.69. The Morgan fingerprint density at radius 3 is 2.59 bits per heavy atom. The molecule has 0 radical (unpaired) electrons. The number of aromatic amines is 1. The summed E-state index contributed by atoms with van der Waals surface area (Å²) < 4.78 is 0. The van der Waals surface area contributed by atoms with Crippen LogP contribution in [0.2, 0.25) is 0 Å². The Bertz CT molecular complexity index is 405. The van der Waals surface area contributed by atoms with E-state index >= 15 is 0 Å². The van der Waals surface area contributed by atoms with E-state index < -0.39 is 0 Å². The van der Waals surface area contributed by atoms with E-state index in [9.17, 15) is 4.79 Å². The number of anilines is 1. The summed E-state index contributed by atoms with van der Waals surface area (Å²) >= 11 is 0. The average molecular weight is 233 g/mol. The highest BCUT2D eigenvalue weighted by Gasteiger charge is 2.21. The Balaban J connectivity index is 1.91. The van der Waals surface area contributed by atoms with Gasteiger partial charge in [-0.3, -0.25) is 9.78 Å². The Hall–Kier alpha value is -1.32. The fourth-order valence-corrected chi connectivity index (χ4v) is 2.97. The highest BCUT2D eigenvalue weighted by molar-refractivity contribution is 5.32. The van der Waals surface area contributed by atoms with Gasteiger partial charge < -0.3 is 4.90 Å². The molecule has 4 heteroatoms. The summed E-state index contributed by atoms with van der Waals surface area (Å²) in [5, 5.41) is 0. The molecule has 2 heterocycles. The molecular weight excluding hydrogens is 214 g/mol. The number of hydrogen-bond donors (Lipinski definition) is 1. The minimum absolute atomic E-state index is 0.00352. The standard InChI is InChI=1S/C13H19N3O/c17-12-9-11(10-5-1-2-6-10)14-13(15-12)16-7-3-4-8-16/h9-10H,1-8H2,(H,14,15,17). The van der Waals surface area contributed by atoms with E-state index in [0.29, 0.717) is 5.92 Å². The van der Waals surface area contributed by atoms with Crippen LogP contribution in [0.25, 0.3) is 0 Å². The predicted molar refractivity (Wildman–Crippen MR) is 67.5 cm³/mol. The van der Waals surface area contributed by atoms with E-state index in [4.69, 9.17) is 0 Å². The zero-order valence-electron chi connectivity index (χ0n) is 10.1. The van der Waals surface area contributed by atoms with Gasteiger partial charge in [-0.15, -0.1) is 0 Å². The van der Waals surface area contributed by atoms with E-state index in [1.807, 2.05) is 0 Å². The Kier molecular flexibility index (Phi) is 2.87. The summed E-state index contributed by atoms with van der Waals surface area (Å²) in [6.45, 7) is 2.05. The molecule has 0 atom stereocenters. The smallest absolute Gasteiger partial charge is 0.252 e. The van der Waals surface area contributed by atoms with Crippen LogP contribution in [-0.2, 0) is 0 Å². The fraction of sp³-hybridized carbons (Fsp3) is 0.692. The SMILES string of the molecule is O=c1cc(C2CCCC2)nc(N2CCCC2)[nH]1. The van der Waals surface area contributed by atoms with Crippen molar-refractivity contribution in [2.45, 2.75) is 44.4 Å². The van der Waals surface area contributed by atoms with E-state index in [2.05, 4.69) is 14.9 Å². The van der Waals surface area contributed by atoms with Gasteiger partial charge >= 0.3 is 0 Å². The average Bonchev–Trinajstić information content (AvgIpc) is 3.02. The van der Waals surface area contributed by atoms with E-state index in [1.165, 1.54) is 38.5 Å². The lowest BCUT2D eigenvalue weighted by Gasteiger charge is -2.17. The third-order valence-corrected chi connectivity index (χ3v) is 3.93. The number of H-pyrrole nitrogens is 1. The molecule has 2 aliphatic rings. The maximum absolute atomic E-state index is 11.7. The van der Waals surface area contributed by atoms with Crippen molar-refractivity contribution in [3.63, 3.8) is 0 Å². The highest BCUT2D eigenvalue weighted by atomic mass is 16.1. The van der Waals surface area contributed by atoms with Crippen molar-refractivity contribution in [1.82, 2.24) is 9.97 Å². The van der Waals surface area contributed by atoms with Gasteiger partial charge in [-0.25, -0.2) is 4.98 Å².